The summed E-state index contributed by atoms with van der Waals surface area (Å²) in [6.07, 6.45) is 0. The van der Waals surface area contributed by atoms with Gasteiger partial charge in [-0.1, -0.05) is 36.9 Å². The van der Waals surface area contributed by atoms with E-state index in [9.17, 15) is 9.59 Å². The summed E-state index contributed by atoms with van der Waals surface area (Å²) >= 11 is 0. The molecule has 0 N–H and O–H groups in total. The molecular formula is C18H23NO3. The summed E-state index contributed by atoms with van der Waals surface area (Å²) in [5.41, 5.74) is 1.62. The van der Waals surface area contributed by atoms with Gasteiger partial charge >= 0.3 is 5.97 Å². The first-order valence-corrected chi connectivity index (χ1v) is 7.66. The molecular weight excluding hydrogens is 278 g/mol. The Hall–Kier alpha value is -1.94. The Morgan fingerprint density at radius 2 is 2.05 bits per heavy atom. The van der Waals surface area contributed by atoms with Crippen LogP contribution in [0.5, 0.6) is 0 Å². The number of piperidine rings is 1. The van der Waals surface area contributed by atoms with Gasteiger partial charge in [-0.25, -0.2) is 0 Å². The molecule has 1 fully saturated rings. The van der Waals surface area contributed by atoms with Gasteiger partial charge in [0.25, 0.3) is 0 Å². The van der Waals surface area contributed by atoms with E-state index in [1.54, 1.807) is 6.92 Å². The molecule has 1 aliphatic rings. The molecule has 0 aliphatic carbocycles. The van der Waals surface area contributed by atoms with Crippen LogP contribution in [0.25, 0.3) is 0 Å². The lowest BCUT2D eigenvalue weighted by atomic mass is 9.85. The van der Waals surface area contributed by atoms with Crippen molar-refractivity contribution >= 4 is 11.8 Å². The van der Waals surface area contributed by atoms with E-state index in [2.05, 4.69) is 30.5 Å². The van der Waals surface area contributed by atoms with Gasteiger partial charge in [-0.15, -0.1) is 0 Å². The van der Waals surface area contributed by atoms with Crippen molar-refractivity contribution in [2.24, 2.45) is 5.92 Å². The molecule has 1 aromatic carbocycles. The van der Waals surface area contributed by atoms with Crippen LogP contribution < -0.4 is 0 Å². The van der Waals surface area contributed by atoms with Crippen molar-refractivity contribution in [2.75, 3.05) is 13.2 Å². The third-order valence-corrected chi connectivity index (χ3v) is 4.33. The maximum Gasteiger partial charge on any atom is 0.318 e. The summed E-state index contributed by atoms with van der Waals surface area (Å²) in [5, 5.41) is 0. The number of Topliss-reactive ketones (excluding diaryl/α,β-unsaturated/α-hetero) is 1. The van der Waals surface area contributed by atoms with Crippen LogP contribution in [0.4, 0.5) is 0 Å². The number of hydrogen-bond acceptors (Lipinski definition) is 4. The van der Waals surface area contributed by atoms with E-state index in [1.807, 2.05) is 25.1 Å². The molecule has 4 heteroatoms. The number of nitrogens with zero attached hydrogens (tertiary/aromatic N) is 1. The molecule has 1 saturated heterocycles. The fourth-order valence-corrected chi connectivity index (χ4v) is 3.02. The summed E-state index contributed by atoms with van der Waals surface area (Å²) in [6.45, 7) is 10.3. The van der Waals surface area contributed by atoms with Gasteiger partial charge in [-0.05, 0) is 26.3 Å². The first kappa shape index (κ1) is 16.4. The van der Waals surface area contributed by atoms with Gasteiger partial charge in [0.05, 0.1) is 6.61 Å². The molecule has 118 valence electrons. The Bertz CT molecular complexity index is 567. The zero-order valence-corrected chi connectivity index (χ0v) is 13.4. The van der Waals surface area contributed by atoms with Crippen LogP contribution in [0.3, 0.4) is 0 Å². The maximum absolute atomic E-state index is 12.3. The number of ether oxygens (including phenoxy) is 1. The molecule has 0 spiro atoms. The molecule has 0 aromatic heterocycles. The summed E-state index contributed by atoms with van der Waals surface area (Å²) in [5.74, 6) is -1.43. The van der Waals surface area contributed by atoms with Gasteiger partial charge in [-0.2, -0.15) is 0 Å². The lowest BCUT2D eigenvalue weighted by Gasteiger charge is -2.41. The van der Waals surface area contributed by atoms with Crippen LogP contribution >= 0.6 is 0 Å². The van der Waals surface area contributed by atoms with Crippen LogP contribution in [-0.4, -0.2) is 35.8 Å². The van der Waals surface area contributed by atoms with Crippen LogP contribution in [0, 0.1) is 5.92 Å². The smallest absolute Gasteiger partial charge is 0.318 e. The summed E-state index contributed by atoms with van der Waals surface area (Å²) < 4.78 is 5.08. The fourth-order valence-electron chi connectivity index (χ4n) is 3.02. The number of ketones is 1. The number of rotatable bonds is 4. The molecule has 1 aliphatic heterocycles. The number of benzene rings is 1. The summed E-state index contributed by atoms with van der Waals surface area (Å²) in [7, 11) is 0. The van der Waals surface area contributed by atoms with E-state index in [-0.39, 0.29) is 24.5 Å². The third-order valence-electron chi connectivity index (χ3n) is 4.33. The van der Waals surface area contributed by atoms with Gasteiger partial charge in [0.1, 0.15) is 5.92 Å². The first-order valence-electron chi connectivity index (χ1n) is 7.66. The van der Waals surface area contributed by atoms with Crippen molar-refractivity contribution in [1.82, 2.24) is 4.90 Å². The quantitative estimate of drug-likeness (QED) is 0.487. The van der Waals surface area contributed by atoms with Gasteiger partial charge in [0.15, 0.2) is 5.78 Å². The van der Waals surface area contributed by atoms with Gasteiger partial charge < -0.3 is 4.74 Å². The van der Waals surface area contributed by atoms with E-state index in [1.165, 1.54) is 0 Å². The van der Waals surface area contributed by atoms with Crippen molar-refractivity contribution in [1.29, 1.82) is 0 Å². The Morgan fingerprint density at radius 3 is 2.64 bits per heavy atom. The average Bonchev–Trinajstić information content (AvgIpc) is 2.51. The van der Waals surface area contributed by atoms with Crippen LogP contribution in [-0.2, 0) is 14.3 Å². The Balaban J connectivity index is 2.27. The summed E-state index contributed by atoms with van der Waals surface area (Å²) in [6, 6.07) is 9.93. The molecule has 1 unspecified atom stereocenters. The second-order valence-corrected chi connectivity index (χ2v) is 5.70. The molecule has 0 saturated carbocycles. The molecule has 1 aromatic rings. The monoisotopic (exact) mass is 301 g/mol. The zero-order chi connectivity index (χ0) is 16.3. The number of esters is 1. The highest BCUT2D eigenvalue weighted by Crippen LogP contribution is 2.32. The molecule has 2 rings (SSSR count). The van der Waals surface area contributed by atoms with Crippen molar-refractivity contribution in [2.45, 2.75) is 32.9 Å². The van der Waals surface area contributed by atoms with E-state index in [0.29, 0.717) is 12.1 Å². The highest BCUT2D eigenvalue weighted by atomic mass is 16.5. The molecule has 4 nitrogen and oxygen atoms in total. The van der Waals surface area contributed by atoms with Crippen LogP contribution in [0.2, 0.25) is 0 Å². The van der Waals surface area contributed by atoms with Gasteiger partial charge in [-0.3, -0.25) is 14.5 Å². The second-order valence-electron chi connectivity index (χ2n) is 5.70. The molecule has 3 atom stereocenters. The molecule has 1 heterocycles. The fraction of sp³-hybridized carbons (Fsp3) is 0.444. The van der Waals surface area contributed by atoms with E-state index >= 15 is 0 Å². The SMILES string of the molecule is C=C1CN([C@@H](C)c2ccccc2)[C@@H](C)C(C(=O)OCC)C1=O. The first-order chi connectivity index (χ1) is 10.5. The lowest BCUT2D eigenvalue weighted by molar-refractivity contribution is -0.155. The minimum absolute atomic E-state index is 0.0953. The topological polar surface area (TPSA) is 46.6 Å². The summed E-state index contributed by atoms with van der Waals surface area (Å²) in [4.78, 5) is 26.6. The largest absolute Gasteiger partial charge is 0.465 e. The minimum Gasteiger partial charge on any atom is -0.465 e. The van der Waals surface area contributed by atoms with Crippen LogP contribution in [0.15, 0.2) is 42.5 Å². The molecule has 22 heavy (non-hydrogen) atoms. The highest BCUT2D eigenvalue weighted by Gasteiger charge is 2.43. The number of hydrogen-bond donors (Lipinski definition) is 0. The normalized spacial score (nSPS) is 24.1. The lowest BCUT2D eigenvalue weighted by Crippen LogP contribution is -2.53. The number of carbonyl (C=O) groups excluding carboxylic acids is 2. The zero-order valence-electron chi connectivity index (χ0n) is 13.4. The van der Waals surface area contributed by atoms with E-state index < -0.39 is 11.9 Å². The van der Waals surface area contributed by atoms with Gasteiger partial charge in [0.2, 0.25) is 0 Å². The average molecular weight is 301 g/mol. The molecule has 0 bridgehead atoms. The standard InChI is InChI=1S/C18H23NO3/c1-5-22-18(21)16-14(4)19(11-12(2)17(16)20)13(3)15-9-7-6-8-10-15/h6-10,13-14,16H,2,5,11H2,1,3-4H3/t13-,14-,16?/m0/s1. The maximum atomic E-state index is 12.3. The van der Waals surface area contributed by atoms with Crippen molar-refractivity contribution < 1.29 is 14.3 Å². The minimum atomic E-state index is -0.785. The number of carbonyl (C=O) groups is 2. The van der Waals surface area contributed by atoms with E-state index in [0.717, 1.165) is 5.56 Å². The third kappa shape index (κ3) is 3.12. The van der Waals surface area contributed by atoms with Gasteiger partial charge in [0, 0.05) is 24.2 Å². The molecule has 0 radical (unpaired) electrons. The molecule has 0 amide bonds. The Morgan fingerprint density at radius 1 is 1.41 bits per heavy atom. The van der Waals surface area contributed by atoms with E-state index in [4.69, 9.17) is 4.74 Å². The van der Waals surface area contributed by atoms with Crippen LogP contribution in [0.1, 0.15) is 32.4 Å². The second kappa shape index (κ2) is 6.88. The van der Waals surface area contributed by atoms with Crippen molar-refractivity contribution in [3.05, 3.63) is 48.0 Å². The van der Waals surface area contributed by atoms with Crippen molar-refractivity contribution in [3.63, 3.8) is 0 Å². The Labute approximate surface area is 131 Å². The van der Waals surface area contributed by atoms with Crippen molar-refractivity contribution in [3.8, 4) is 0 Å². The highest BCUT2D eigenvalue weighted by molar-refractivity contribution is 6.09. The number of likely N-dealkylation sites (tertiary alicyclic amines) is 1. The predicted molar refractivity (Wildman–Crippen MR) is 85.3 cm³/mol. The predicted octanol–water partition coefficient (Wildman–Crippen LogP) is 2.76. The Kier molecular flexibility index (Phi) is 5.14.